The summed E-state index contributed by atoms with van der Waals surface area (Å²) in [4.78, 5) is 26.5. The molecule has 1 N–H and O–H groups in total. The number of nitrogens with zero attached hydrogens (tertiary/aromatic N) is 1. The average Bonchev–Trinajstić information content (AvgIpc) is 3.21. The van der Waals surface area contributed by atoms with E-state index in [0.29, 0.717) is 30.8 Å². The number of halogens is 3. The number of carbonyl (C=O) groups excluding carboxylic acids is 2. The predicted molar refractivity (Wildman–Crippen MR) is 122 cm³/mol. The van der Waals surface area contributed by atoms with Crippen molar-refractivity contribution in [2.45, 2.75) is 39.4 Å². The lowest BCUT2D eigenvalue weighted by molar-refractivity contribution is -0.137. The molecular weight excluding hydrogens is 445 g/mol. The average molecular weight is 470 g/mol. The quantitative estimate of drug-likeness (QED) is 0.487. The number of rotatable bonds is 5. The number of benzene rings is 2. The zero-order valence-electron chi connectivity index (χ0n) is 18.9. The molecule has 5 nitrogen and oxygen atoms in total. The molecule has 1 aliphatic rings. The van der Waals surface area contributed by atoms with E-state index in [1.807, 2.05) is 38.1 Å². The van der Waals surface area contributed by atoms with Crippen LogP contribution < -0.4 is 5.32 Å². The molecule has 2 amide bonds. The summed E-state index contributed by atoms with van der Waals surface area (Å²) in [5, 5.41) is 2.89. The summed E-state index contributed by atoms with van der Waals surface area (Å²) >= 11 is 0. The molecule has 0 radical (unpaired) electrons. The third kappa shape index (κ3) is 5.32. The van der Waals surface area contributed by atoms with Crippen LogP contribution in [0.4, 0.5) is 18.9 Å². The number of fused-ring (bicyclic) bond motifs is 1. The van der Waals surface area contributed by atoms with Crippen molar-refractivity contribution in [2.24, 2.45) is 5.92 Å². The van der Waals surface area contributed by atoms with Gasteiger partial charge in [-0.3, -0.25) is 9.59 Å². The summed E-state index contributed by atoms with van der Waals surface area (Å²) in [6, 6.07) is 13.6. The molecule has 2 aromatic carbocycles. The minimum atomic E-state index is -4.51. The smallest absolute Gasteiger partial charge is 0.416 e. The van der Waals surface area contributed by atoms with E-state index in [1.165, 1.54) is 17.0 Å². The third-order valence-corrected chi connectivity index (χ3v) is 5.62. The van der Waals surface area contributed by atoms with E-state index < -0.39 is 17.6 Å². The standard InChI is InChI=1S/C26H25F3N2O3/c1-16(2)11-24(32)30-21-8-4-5-17(13-21)23-14-19-15-31(10-9-22(19)34-23)25(33)18-6-3-7-20(12-18)26(27,28)29/h3-8,12-14,16H,9-11,15H2,1-2H3,(H,30,32). The molecule has 34 heavy (non-hydrogen) atoms. The van der Waals surface area contributed by atoms with Crippen molar-refractivity contribution in [3.8, 4) is 11.3 Å². The minimum Gasteiger partial charge on any atom is -0.461 e. The fourth-order valence-electron chi connectivity index (χ4n) is 3.99. The molecular formula is C26H25F3N2O3. The Kier molecular flexibility index (Phi) is 6.50. The van der Waals surface area contributed by atoms with Crippen molar-refractivity contribution in [2.75, 3.05) is 11.9 Å². The van der Waals surface area contributed by atoms with Crippen LogP contribution in [0.2, 0.25) is 0 Å². The Morgan fingerprint density at radius 1 is 1.09 bits per heavy atom. The van der Waals surface area contributed by atoms with Gasteiger partial charge in [-0.2, -0.15) is 13.2 Å². The second-order valence-electron chi connectivity index (χ2n) is 8.84. The number of nitrogens with one attached hydrogen (secondary N) is 1. The Morgan fingerprint density at radius 2 is 1.85 bits per heavy atom. The molecule has 0 fully saturated rings. The first-order valence-electron chi connectivity index (χ1n) is 11.1. The number of amides is 2. The zero-order valence-corrected chi connectivity index (χ0v) is 18.9. The molecule has 0 bridgehead atoms. The maximum Gasteiger partial charge on any atom is 0.416 e. The van der Waals surface area contributed by atoms with Crippen LogP contribution in [-0.2, 0) is 23.9 Å². The van der Waals surface area contributed by atoms with Crippen molar-refractivity contribution in [3.05, 3.63) is 77.0 Å². The zero-order chi connectivity index (χ0) is 24.5. The monoisotopic (exact) mass is 470 g/mol. The molecule has 0 aliphatic carbocycles. The van der Waals surface area contributed by atoms with Gasteiger partial charge in [0, 0.05) is 48.3 Å². The van der Waals surface area contributed by atoms with Gasteiger partial charge in [0.25, 0.3) is 5.91 Å². The van der Waals surface area contributed by atoms with Crippen LogP contribution in [0.5, 0.6) is 0 Å². The molecule has 3 aromatic rings. The van der Waals surface area contributed by atoms with Crippen LogP contribution in [0, 0.1) is 5.92 Å². The van der Waals surface area contributed by atoms with Gasteiger partial charge in [-0.05, 0) is 42.3 Å². The molecule has 0 unspecified atom stereocenters. The summed E-state index contributed by atoms with van der Waals surface area (Å²) in [6.45, 7) is 4.55. The Hall–Kier alpha value is -3.55. The summed E-state index contributed by atoms with van der Waals surface area (Å²) in [7, 11) is 0. The second-order valence-corrected chi connectivity index (χ2v) is 8.84. The van der Waals surface area contributed by atoms with Gasteiger partial charge in [-0.15, -0.1) is 0 Å². The molecule has 0 saturated heterocycles. The number of hydrogen-bond donors (Lipinski definition) is 1. The fraction of sp³-hybridized carbons (Fsp3) is 0.308. The number of hydrogen-bond acceptors (Lipinski definition) is 3. The lowest BCUT2D eigenvalue weighted by Gasteiger charge is -2.26. The first-order chi connectivity index (χ1) is 16.1. The Labute approximate surface area is 195 Å². The third-order valence-electron chi connectivity index (χ3n) is 5.62. The van der Waals surface area contributed by atoms with Crippen molar-refractivity contribution in [1.82, 2.24) is 4.90 Å². The predicted octanol–water partition coefficient (Wildman–Crippen LogP) is 6.15. The number of anilines is 1. The van der Waals surface area contributed by atoms with Crippen LogP contribution in [0.1, 0.15) is 47.5 Å². The summed E-state index contributed by atoms with van der Waals surface area (Å²) in [6.07, 6.45) is -3.62. The molecule has 0 spiro atoms. The summed E-state index contributed by atoms with van der Waals surface area (Å²) < 4.78 is 45.1. The van der Waals surface area contributed by atoms with Gasteiger partial charge in [-0.25, -0.2) is 0 Å². The highest BCUT2D eigenvalue weighted by Crippen LogP contribution is 2.33. The summed E-state index contributed by atoms with van der Waals surface area (Å²) in [5.41, 5.74) is 1.43. The normalized spacial score (nSPS) is 13.6. The van der Waals surface area contributed by atoms with Gasteiger partial charge in [0.1, 0.15) is 11.5 Å². The van der Waals surface area contributed by atoms with E-state index in [-0.39, 0.29) is 23.9 Å². The fourth-order valence-corrected chi connectivity index (χ4v) is 3.99. The van der Waals surface area contributed by atoms with Crippen molar-refractivity contribution < 1.29 is 27.2 Å². The van der Waals surface area contributed by atoms with Gasteiger partial charge in [0.05, 0.1) is 5.56 Å². The van der Waals surface area contributed by atoms with Crippen LogP contribution in [0.15, 0.2) is 59.0 Å². The Morgan fingerprint density at radius 3 is 2.59 bits per heavy atom. The molecule has 0 saturated carbocycles. The summed E-state index contributed by atoms with van der Waals surface area (Å²) in [5.74, 6) is 1.10. The first-order valence-corrected chi connectivity index (χ1v) is 11.1. The highest BCUT2D eigenvalue weighted by atomic mass is 19.4. The van der Waals surface area contributed by atoms with Gasteiger partial charge in [0.2, 0.25) is 5.91 Å². The largest absolute Gasteiger partial charge is 0.461 e. The van der Waals surface area contributed by atoms with Crippen molar-refractivity contribution in [3.63, 3.8) is 0 Å². The molecule has 0 atom stereocenters. The van der Waals surface area contributed by atoms with Crippen LogP contribution in [0.3, 0.4) is 0 Å². The molecule has 8 heteroatoms. The van der Waals surface area contributed by atoms with E-state index in [1.54, 1.807) is 6.07 Å². The van der Waals surface area contributed by atoms with Gasteiger partial charge < -0.3 is 14.6 Å². The number of alkyl halides is 3. The molecule has 2 heterocycles. The van der Waals surface area contributed by atoms with E-state index in [0.717, 1.165) is 29.0 Å². The van der Waals surface area contributed by atoms with Gasteiger partial charge >= 0.3 is 6.18 Å². The first kappa shape index (κ1) is 23.6. The Bertz CT molecular complexity index is 1210. The maximum atomic E-state index is 13.0. The van der Waals surface area contributed by atoms with Crippen LogP contribution in [0.25, 0.3) is 11.3 Å². The van der Waals surface area contributed by atoms with E-state index in [9.17, 15) is 22.8 Å². The van der Waals surface area contributed by atoms with E-state index in [4.69, 9.17) is 4.42 Å². The van der Waals surface area contributed by atoms with Crippen molar-refractivity contribution >= 4 is 17.5 Å². The topological polar surface area (TPSA) is 62.6 Å². The van der Waals surface area contributed by atoms with Crippen LogP contribution >= 0.6 is 0 Å². The van der Waals surface area contributed by atoms with Crippen LogP contribution in [-0.4, -0.2) is 23.3 Å². The van der Waals surface area contributed by atoms with Gasteiger partial charge in [0.15, 0.2) is 0 Å². The van der Waals surface area contributed by atoms with Crippen molar-refractivity contribution in [1.29, 1.82) is 0 Å². The van der Waals surface area contributed by atoms with E-state index in [2.05, 4.69) is 5.32 Å². The maximum absolute atomic E-state index is 13.0. The van der Waals surface area contributed by atoms with Gasteiger partial charge in [-0.1, -0.05) is 32.0 Å². The minimum absolute atomic E-state index is 0.00633. The number of carbonyl (C=O) groups is 2. The highest BCUT2D eigenvalue weighted by molar-refractivity contribution is 5.94. The second kappa shape index (κ2) is 9.37. The number of furan rings is 1. The molecule has 1 aliphatic heterocycles. The highest BCUT2D eigenvalue weighted by Gasteiger charge is 2.32. The lowest BCUT2D eigenvalue weighted by atomic mass is 10.0. The molecule has 1 aromatic heterocycles. The molecule has 4 rings (SSSR count). The Balaban J connectivity index is 1.50. The SMILES string of the molecule is CC(C)CC(=O)Nc1cccc(-c2cc3c(o2)CCN(C(=O)c2cccc(C(F)(F)F)c2)C3)c1. The lowest BCUT2D eigenvalue weighted by Crippen LogP contribution is -2.35. The molecule has 178 valence electrons. The van der Waals surface area contributed by atoms with E-state index >= 15 is 0 Å².